The van der Waals surface area contributed by atoms with Crippen molar-refractivity contribution in [2.75, 3.05) is 0 Å². The molecule has 0 amide bonds. The van der Waals surface area contributed by atoms with Crippen molar-refractivity contribution in [2.24, 2.45) is 11.7 Å². The fourth-order valence-corrected chi connectivity index (χ4v) is 2.55. The van der Waals surface area contributed by atoms with Gasteiger partial charge in [0.25, 0.3) is 0 Å². The number of rotatable bonds is 2. The van der Waals surface area contributed by atoms with Gasteiger partial charge in [0.1, 0.15) is 5.75 Å². The number of phenolic OH excluding ortho intramolecular Hbond substituents is 1. The van der Waals surface area contributed by atoms with E-state index in [1.54, 1.807) is 0 Å². The molecular formula is C12H13BrF3NO. The van der Waals surface area contributed by atoms with Gasteiger partial charge in [-0.05, 0) is 46.8 Å². The van der Waals surface area contributed by atoms with Gasteiger partial charge in [0.15, 0.2) is 0 Å². The number of hydrogen-bond donors (Lipinski definition) is 2. The van der Waals surface area contributed by atoms with Gasteiger partial charge in [0, 0.05) is 11.6 Å². The normalized spacial score (nSPS) is 18.5. The molecule has 1 aliphatic rings. The fourth-order valence-electron chi connectivity index (χ4n) is 2.20. The second kappa shape index (κ2) is 4.74. The lowest BCUT2D eigenvalue weighted by molar-refractivity contribution is -0.138. The molecule has 0 aromatic heterocycles. The van der Waals surface area contributed by atoms with Crippen LogP contribution in [0.4, 0.5) is 13.2 Å². The van der Waals surface area contributed by atoms with Gasteiger partial charge in [-0.25, -0.2) is 0 Å². The standard InChI is InChI=1S/C12H13BrF3NO/c13-8-5-4-7(12(14,15)16)9(11(8)18)10(17)6-2-1-3-6/h4-6,10,18H,1-3,17H2/t10-/m0/s1. The van der Waals surface area contributed by atoms with E-state index in [1.165, 1.54) is 6.07 Å². The van der Waals surface area contributed by atoms with E-state index in [0.29, 0.717) is 0 Å². The topological polar surface area (TPSA) is 46.2 Å². The second-order valence-corrected chi connectivity index (χ2v) is 5.43. The summed E-state index contributed by atoms with van der Waals surface area (Å²) >= 11 is 3.03. The molecule has 3 N–H and O–H groups in total. The molecular weight excluding hydrogens is 311 g/mol. The average Bonchev–Trinajstić information content (AvgIpc) is 2.17. The van der Waals surface area contributed by atoms with Crippen LogP contribution in [0.15, 0.2) is 16.6 Å². The zero-order chi connectivity index (χ0) is 13.5. The van der Waals surface area contributed by atoms with Crippen LogP contribution in [-0.4, -0.2) is 5.11 Å². The molecule has 6 heteroatoms. The first-order chi connectivity index (χ1) is 8.32. The number of benzene rings is 1. The third-order valence-electron chi connectivity index (χ3n) is 3.46. The van der Waals surface area contributed by atoms with Crippen molar-refractivity contribution in [2.45, 2.75) is 31.5 Å². The summed E-state index contributed by atoms with van der Waals surface area (Å²) in [5, 5.41) is 9.85. The molecule has 0 radical (unpaired) electrons. The average molecular weight is 324 g/mol. The first-order valence-corrected chi connectivity index (χ1v) is 6.46. The van der Waals surface area contributed by atoms with Crippen LogP contribution in [0.1, 0.15) is 36.4 Å². The van der Waals surface area contributed by atoms with Crippen molar-refractivity contribution in [3.63, 3.8) is 0 Å². The quantitative estimate of drug-likeness (QED) is 0.864. The van der Waals surface area contributed by atoms with Gasteiger partial charge in [0.05, 0.1) is 10.0 Å². The van der Waals surface area contributed by atoms with Gasteiger partial charge in [-0.15, -0.1) is 0 Å². The first-order valence-electron chi connectivity index (χ1n) is 5.66. The molecule has 2 nitrogen and oxygen atoms in total. The van der Waals surface area contributed by atoms with E-state index in [-0.39, 0.29) is 16.0 Å². The molecule has 1 aliphatic carbocycles. The van der Waals surface area contributed by atoms with Crippen molar-refractivity contribution >= 4 is 15.9 Å². The Morgan fingerprint density at radius 1 is 1.33 bits per heavy atom. The number of phenols is 1. The summed E-state index contributed by atoms with van der Waals surface area (Å²) in [5.41, 5.74) is 4.85. The summed E-state index contributed by atoms with van der Waals surface area (Å²) in [5.74, 6) is -0.379. The van der Waals surface area contributed by atoms with Crippen LogP contribution in [0, 0.1) is 5.92 Å². The van der Waals surface area contributed by atoms with E-state index >= 15 is 0 Å². The lowest BCUT2D eigenvalue weighted by atomic mass is 9.76. The van der Waals surface area contributed by atoms with Gasteiger partial charge < -0.3 is 10.8 Å². The highest BCUT2D eigenvalue weighted by atomic mass is 79.9. The number of alkyl halides is 3. The first kappa shape index (κ1) is 13.7. The molecule has 1 aromatic carbocycles. The molecule has 0 spiro atoms. The van der Waals surface area contributed by atoms with Crippen molar-refractivity contribution in [3.8, 4) is 5.75 Å². The smallest absolute Gasteiger partial charge is 0.416 e. The molecule has 2 rings (SSSR count). The van der Waals surface area contributed by atoms with Crippen LogP contribution in [0.3, 0.4) is 0 Å². The lowest BCUT2D eigenvalue weighted by Gasteiger charge is -2.33. The molecule has 18 heavy (non-hydrogen) atoms. The van der Waals surface area contributed by atoms with Crippen LogP contribution in [-0.2, 0) is 6.18 Å². The largest absolute Gasteiger partial charge is 0.506 e. The Hall–Kier alpha value is -0.750. The van der Waals surface area contributed by atoms with Crippen LogP contribution >= 0.6 is 15.9 Å². The molecule has 0 heterocycles. The predicted octanol–water partition coefficient (Wildman–Crippen LogP) is 3.97. The number of aromatic hydroxyl groups is 1. The van der Waals surface area contributed by atoms with E-state index in [1.807, 2.05) is 0 Å². The molecule has 0 unspecified atom stereocenters. The molecule has 1 fully saturated rings. The maximum Gasteiger partial charge on any atom is 0.416 e. The third kappa shape index (κ3) is 2.36. The van der Waals surface area contributed by atoms with Crippen LogP contribution in [0.2, 0.25) is 0 Å². The van der Waals surface area contributed by atoms with Crippen molar-refractivity contribution in [1.29, 1.82) is 0 Å². The summed E-state index contributed by atoms with van der Waals surface area (Å²) in [7, 11) is 0. The third-order valence-corrected chi connectivity index (χ3v) is 4.10. The molecule has 1 atom stereocenters. The Balaban J connectivity index is 2.50. The Morgan fingerprint density at radius 2 is 1.94 bits per heavy atom. The highest BCUT2D eigenvalue weighted by Crippen LogP contribution is 2.46. The Kier molecular flexibility index (Phi) is 3.60. The summed E-state index contributed by atoms with van der Waals surface area (Å²) in [6.07, 6.45) is -1.90. The van der Waals surface area contributed by atoms with E-state index < -0.39 is 23.5 Å². The van der Waals surface area contributed by atoms with E-state index in [4.69, 9.17) is 5.73 Å². The van der Waals surface area contributed by atoms with E-state index in [0.717, 1.165) is 25.3 Å². The van der Waals surface area contributed by atoms with Crippen LogP contribution in [0.25, 0.3) is 0 Å². The fraction of sp³-hybridized carbons (Fsp3) is 0.500. The van der Waals surface area contributed by atoms with Crippen molar-refractivity contribution in [1.82, 2.24) is 0 Å². The van der Waals surface area contributed by atoms with Gasteiger partial charge in [-0.2, -0.15) is 13.2 Å². The van der Waals surface area contributed by atoms with Gasteiger partial charge in [-0.3, -0.25) is 0 Å². The van der Waals surface area contributed by atoms with Gasteiger partial charge >= 0.3 is 6.18 Å². The molecule has 1 aromatic rings. The lowest BCUT2D eigenvalue weighted by Crippen LogP contribution is -2.29. The Bertz CT molecular complexity index is 457. The zero-order valence-corrected chi connectivity index (χ0v) is 11.1. The van der Waals surface area contributed by atoms with Crippen LogP contribution in [0.5, 0.6) is 5.75 Å². The predicted molar refractivity (Wildman–Crippen MR) is 65.1 cm³/mol. The molecule has 1 saturated carbocycles. The number of halogens is 4. The molecule has 100 valence electrons. The molecule has 0 bridgehead atoms. The summed E-state index contributed by atoms with van der Waals surface area (Å²) in [4.78, 5) is 0. The zero-order valence-electron chi connectivity index (χ0n) is 9.47. The number of nitrogens with two attached hydrogens (primary N) is 1. The maximum absolute atomic E-state index is 12.9. The highest BCUT2D eigenvalue weighted by Gasteiger charge is 2.39. The Labute approximate surface area is 111 Å². The highest BCUT2D eigenvalue weighted by molar-refractivity contribution is 9.10. The Morgan fingerprint density at radius 3 is 2.39 bits per heavy atom. The summed E-state index contributed by atoms with van der Waals surface area (Å²) in [6.45, 7) is 0. The van der Waals surface area contributed by atoms with E-state index in [9.17, 15) is 18.3 Å². The minimum atomic E-state index is -4.51. The summed E-state index contributed by atoms with van der Waals surface area (Å²) in [6, 6.07) is 1.38. The van der Waals surface area contributed by atoms with Crippen molar-refractivity contribution < 1.29 is 18.3 Å². The second-order valence-electron chi connectivity index (χ2n) is 4.57. The SMILES string of the molecule is N[C@H](c1c(C(F)(F)F)ccc(Br)c1O)C1CCC1. The van der Waals surface area contributed by atoms with Gasteiger partial charge in [0.2, 0.25) is 0 Å². The van der Waals surface area contributed by atoms with E-state index in [2.05, 4.69) is 15.9 Å². The maximum atomic E-state index is 12.9. The monoisotopic (exact) mass is 323 g/mol. The number of hydrogen-bond acceptors (Lipinski definition) is 2. The molecule has 0 aliphatic heterocycles. The van der Waals surface area contributed by atoms with Gasteiger partial charge in [-0.1, -0.05) is 6.42 Å². The minimum Gasteiger partial charge on any atom is -0.506 e. The minimum absolute atomic E-state index is 0.0197. The summed E-state index contributed by atoms with van der Waals surface area (Å²) < 4.78 is 39.0. The van der Waals surface area contributed by atoms with Crippen LogP contribution < -0.4 is 5.73 Å². The molecule has 0 saturated heterocycles. The van der Waals surface area contributed by atoms with Crippen molar-refractivity contribution in [3.05, 3.63) is 27.7 Å².